The van der Waals surface area contributed by atoms with Gasteiger partial charge in [0, 0.05) is 0 Å². The maximum absolute atomic E-state index is 11.9. The van der Waals surface area contributed by atoms with Crippen LogP contribution in [-0.4, -0.2) is 15.5 Å². The highest BCUT2D eigenvalue weighted by Gasteiger charge is 2.14. The Hall–Kier alpha value is -2.34. The molecule has 0 radical (unpaired) electrons. The van der Waals surface area contributed by atoms with E-state index in [9.17, 15) is 9.59 Å². The van der Waals surface area contributed by atoms with Crippen molar-refractivity contribution in [3.05, 3.63) is 57.1 Å². The topological polar surface area (TPSA) is 87.2 Å². The van der Waals surface area contributed by atoms with Gasteiger partial charge in [-0.05, 0) is 12.5 Å². The second-order valence-corrected chi connectivity index (χ2v) is 4.77. The zero-order valence-electron chi connectivity index (χ0n) is 11.4. The Morgan fingerprint density at radius 2 is 2.05 bits per heavy atom. The number of benzene rings is 1. The fourth-order valence-electron chi connectivity index (χ4n) is 1.74. The molecule has 0 aliphatic heterocycles. The number of nitrogens with zero attached hydrogens (tertiary/aromatic N) is 2. The van der Waals surface area contributed by atoms with Crippen LogP contribution in [0.4, 0.5) is 5.82 Å². The molecule has 0 bridgehead atoms. The summed E-state index contributed by atoms with van der Waals surface area (Å²) < 4.78 is 6.27. The number of hydrogen-bond acceptors (Lipinski definition) is 5. The summed E-state index contributed by atoms with van der Waals surface area (Å²) in [6.45, 7) is 1.46. The predicted octanol–water partition coefficient (Wildman–Crippen LogP) is 1.53. The summed E-state index contributed by atoms with van der Waals surface area (Å²) in [5.74, 6) is -0.799. The zero-order chi connectivity index (χ0) is 15.4. The third kappa shape index (κ3) is 3.61. The second kappa shape index (κ2) is 6.41. The highest BCUT2D eigenvalue weighted by Crippen LogP contribution is 2.11. The van der Waals surface area contributed by atoms with Gasteiger partial charge in [-0.15, -0.1) is 0 Å². The van der Waals surface area contributed by atoms with Crippen molar-refractivity contribution in [1.29, 1.82) is 0 Å². The van der Waals surface area contributed by atoms with Crippen molar-refractivity contribution in [2.75, 3.05) is 5.73 Å². The van der Waals surface area contributed by atoms with Crippen LogP contribution in [0.2, 0.25) is 5.15 Å². The van der Waals surface area contributed by atoms with Crippen LogP contribution in [0.15, 0.2) is 35.1 Å². The first-order valence-electron chi connectivity index (χ1n) is 6.21. The summed E-state index contributed by atoms with van der Waals surface area (Å²) in [6.07, 6.45) is 0. The molecule has 7 heteroatoms. The number of halogens is 1. The summed E-state index contributed by atoms with van der Waals surface area (Å²) in [4.78, 5) is 27.4. The Morgan fingerprint density at radius 1 is 1.38 bits per heavy atom. The van der Waals surface area contributed by atoms with Crippen molar-refractivity contribution < 1.29 is 9.53 Å². The maximum atomic E-state index is 11.9. The standard InChI is InChI=1S/C14H14ClN3O3/c1-9-12(15)17-13(16)14(20)18(9)7-11(19)21-8-10-5-3-2-4-6-10/h2-6H,7-8H2,1H3,(H2,16,17). The molecule has 2 rings (SSSR count). The van der Waals surface area contributed by atoms with Gasteiger partial charge in [-0.2, -0.15) is 0 Å². The highest BCUT2D eigenvalue weighted by atomic mass is 35.5. The first-order valence-corrected chi connectivity index (χ1v) is 6.59. The molecule has 1 aromatic heterocycles. The largest absolute Gasteiger partial charge is 0.459 e. The SMILES string of the molecule is Cc1c(Cl)nc(N)c(=O)n1CC(=O)OCc1ccccc1. The van der Waals surface area contributed by atoms with Gasteiger partial charge in [0.05, 0.1) is 5.69 Å². The molecule has 110 valence electrons. The molecular formula is C14H14ClN3O3. The van der Waals surface area contributed by atoms with E-state index < -0.39 is 11.5 Å². The lowest BCUT2D eigenvalue weighted by atomic mass is 10.2. The molecule has 0 spiro atoms. The molecule has 0 atom stereocenters. The summed E-state index contributed by atoms with van der Waals surface area (Å²) in [5, 5.41) is 0.0861. The number of carbonyl (C=O) groups excluding carboxylic acids is 1. The number of nitrogen functional groups attached to an aromatic ring is 1. The van der Waals surface area contributed by atoms with E-state index in [1.54, 1.807) is 6.92 Å². The summed E-state index contributed by atoms with van der Waals surface area (Å²) in [6, 6.07) is 9.25. The Kier molecular flexibility index (Phi) is 4.59. The molecule has 0 fully saturated rings. The van der Waals surface area contributed by atoms with Gasteiger partial charge in [0.2, 0.25) is 0 Å². The van der Waals surface area contributed by atoms with Gasteiger partial charge >= 0.3 is 5.97 Å². The third-order valence-corrected chi connectivity index (χ3v) is 3.27. The first-order chi connectivity index (χ1) is 9.99. The fraction of sp³-hybridized carbons (Fsp3) is 0.214. The van der Waals surface area contributed by atoms with E-state index in [2.05, 4.69) is 4.98 Å². The van der Waals surface area contributed by atoms with Gasteiger partial charge in [0.1, 0.15) is 13.2 Å². The van der Waals surface area contributed by atoms with Crippen molar-refractivity contribution in [2.24, 2.45) is 0 Å². The van der Waals surface area contributed by atoms with Crippen LogP contribution < -0.4 is 11.3 Å². The Balaban J connectivity index is 2.08. The lowest BCUT2D eigenvalue weighted by Crippen LogP contribution is -2.30. The van der Waals surface area contributed by atoms with Gasteiger partial charge in [-0.1, -0.05) is 41.9 Å². The number of hydrogen-bond donors (Lipinski definition) is 1. The molecule has 0 unspecified atom stereocenters. The molecule has 0 aliphatic carbocycles. The average Bonchev–Trinajstić information content (AvgIpc) is 2.48. The van der Waals surface area contributed by atoms with Crippen molar-refractivity contribution in [3.63, 3.8) is 0 Å². The minimum absolute atomic E-state index is 0.0861. The maximum Gasteiger partial charge on any atom is 0.326 e. The molecule has 1 heterocycles. The Labute approximate surface area is 126 Å². The molecule has 0 aliphatic rings. The molecule has 0 saturated carbocycles. The van der Waals surface area contributed by atoms with Crippen molar-refractivity contribution in [3.8, 4) is 0 Å². The van der Waals surface area contributed by atoms with Crippen LogP contribution in [-0.2, 0) is 22.7 Å². The number of carbonyl (C=O) groups is 1. The van der Waals surface area contributed by atoms with Crippen molar-refractivity contribution >= 4 is 23.4 Å². The molecule has 2 aromatic rings. The number of aromatic nitrogens is 2. The molecule has 6 nitrogen and oxygen atoms in total. The predicted molar refractivity (Wildman–Crippen MR) is 78.9 cm³/mol. The Bertz CT molecular complexity index is 713. The number of nitrogens with two attached hydrogens (primary N) is 1. The lowest BCUT2D eigenvalue weighted by molar-refractivity contribution is -0.145. The Morgan fingerprint density at radius 3 is 2.71 bits per heavy atom. The quantitative estimate of drug-likeness (QED) is 0.866. The van der Waals surface area contributed by atoms with E-state index in [1.807, 2.05) is 30.3 Å². The molecule has 1 aromatic carbocycles. The zero-order valence-corrected chi connectivity index (χ0v) is 12.1. The minimum Gasteiger partial charge on any atom is -0.459 e. The molecule has 0 saturated heterocycles. The van der Waals surface area contributed by atoms with Crippen LogP contribution in [0, 0.1) is 6.92 Å². The van der Waals surface area contributed by atoms with E-state index in [4.69, 9.17) is 22.1 Å². The van der Waals surface area contributed by atoms with Crippen molar-refractivity contribution in [1.82, 2.24) is 9.55 Å². The number of rotatable bonds is 4. The van der Waals surface area contributed by atoms with E-state index in [0.29, 0.717) is 5.69 Å². The number of esters is 1. The van der Waals surface area contributed by atoms with E-state index in [0.717, 1.165) is 10.1 Å². The normalized spacial score (nSPS) is 10.4. The molecule has 2 N–H and O–H groups in total. The van der Waals surface area contributed by atoms with Crippen LogP contribution in [0.5, 0.6) is 0 Å². The fourth-order valence-corrected chi connectivity index (χ4v) is 1.93. The number of ether oxygens (including phenoxy) is 1. The van der Waals surface area contributed by atoms with E-state index in [1.165, 1.54) is 0 Å². The summed E-state index contributed by atoms with van der Waals surface area (Å²) in [5.41, 5.74) is 6.12. The van der Waals surface area contributed by atoms with Crippen LogP contribution in [0.1, 0.15) is 11.3 Å². The smallest absolute Gasteiger partial charge is 0.326 e. The summed E-state index contributed by atoms with van der Waals surface area (Å²) in [7, 11) is 0. The monoisotopic (exact) mass is 307 g/mol. The van der Waals surface area contributed by atoms with Crippen LogP contribution in [0.25, 0.3) is 0 Å². The van der Waals surface area contributed by atoms with Gasteiger partial charge in [-0.3, -0.25) is 14.2 Å². The third-order valence-electron chi connectivity index (χ3n) is 2.92. The summed E-state index contributed by atoms with van der Waals surface area (Å²) >= 11 is 5.84. The van der Waals surface area contributed by atoms with Gasteiger partial charge in [0.25, 0.3) is 5.56 Å². The van der Waals surface area contributed by atoms with E-state index >= 15 is 0 Å². The molecular weight excluding hydrogens is 294 g/mol. The highest BCUT2D eigenvalue weighted by molar-refractivity contribution is 6.30. The van der Waals surface area contributed by atoms with Crippen LogP contribution >= 0.6 is 11.6 Å². The molecule has 21 heavy (non-hydrogen) atoms. The second-order valence-electron chi connectivity index (χ2n) is 4.41. The number of anilines is 1. The minimum atomic E-state index is -0.562. The molecule has 0 amide bonds. The van der Waals surface area contributed by atoms with E-state index in [-0.39, 0.29) is 24.1 Å². The van der Waals surface area contributed by atoms with Crippen LogP contribution in [0.3, 0.4) is 0 Å². The van der Waals surface area contributed by atoms with Gasteiger partial charge < -0.3 is 10.5 Å². The van der Waals surface area contributed by atoms with Gasteiger partial charge in [-0.25, -0.2) is 4.98 Å². The first kappa shape index (κ1) is 15.1. The van der Waals surface area contributed by atoms with Gasteiger partial charge in [0.15, 0.2) is 11.0 Å². The average molecular weight is 308 g/mol. The lowest BCUT2D eigenvalue weighted by Gasteiger charge is -2.11. The van der Waals surface area contributed by atoms with Crippen molar-refractivity contribution in [2.45, 2.75) is 20.1 Å².